The van der Waals surface area contributed by atoms with Gasteiger partial charge in [-0.25, -0.2) is 4.39 Å². The van der Waals surface area contributed by atoms with E-state index in [0.717, 1.165) is 19.7 Å². The standard InChI is InChI=1S/C19H25FN2O2/c20-15-6-8-21(9-7-15)19(23)18-13-24-12-14-10-22(11-17(14)18)16-4-2-1-3-5-16/h1-5,14-15,17-18H,6-13H2/t14-,17-,18+/m0/s1. The molecule has 130 valence electrons. The van der Waals surface area contributed by atoms with Gasteiger partial charge in [-0.3, -0.25) is 4.79 Å². The van der Waals surface area contributed by atoms with E-state index in [2.05, 4.69) is 29.2 Å². The van der Waals surface area contributed by atoms with Crippen molar-refractivity contribution >= 4 is 11.6 Å². The highest BCUT2D eigenvalue weighted by Gasteiger charge is 2.45. The lowest BCUT2D eigenvalue weighted by molar-refractivity contribution is -0.145. The van der Waals surface area contributed by atoms with E-state index in [9.17, 15) is 9.18 Å². The maximum atomic E-state index is 13.3. The van der Waals surface area contributed by atoms with Crippen LogP contribution in [0.4, 0.5) is 10.1 Å². The molecule has 4 rings (SSSR count). The van der Waals surface area contributed by atoms with Crippen LogP contribution in [0.15, 0.2) is 30.3 Å². The first kappa shape index (κ1) is 15.9. The SMILES string of the molecule is O=C([C@@H]1COC[C@@H]2CN(c3ccccc3)C[C@@H]21)N1CCC(F)CC1. The summed E-state index contributed by atoms with van der Waals surface area (Å²) in [5, 5.41) is 0. The summed E-state index contributed by atoms with van der Waals surface area (Å²) in [4.78, 5) is 17.2. The van der Waals surface area contributed by atoms with E-state index < -0.39 is 6.17 Å². The zero-order valence-electron chi connectivity index (χ0n) is 13.9. The molecule has 0 radical (unpaired) electrons. The minimum atomic E-state index is -0.746. The summed E-state index contributed by atoms with van der Waals surface area (Å²) in [6.07, 6.45) is 0.206. The largest absolute Gasteiger partial charge is 0.380 e. The maximum absolute atomic E-state index is 13.3. The van der Waals surface area contributed by atoms with Crippen molar-refractivity contribution in [2.45, 2.75) is 19.0 Å². The molecule has 0 bridgehead atoms. The van der Waals surface area contributed by atoms with Gasteiger partial charge in [0, 0.05) is 37.8 Å². The summed E-state index contributed by atoms with van der Waals surface area (Å²) in [5.41, 5.74) is 1.22. The Morgan fingerprint density at radius 1 is 1.08 bits per heavy atom. The maximum Gasteiger partial charge on any atom is 0.228 e. The number of benzene rings is 1. The van der Waals surface area contributed by atoms with Gasteiger partial charge < -0.3 is 14.5 Å². The number of rotatable bonds is 2. The van der Waals surface area contributed by atoms with Gasteiger partial charge in [-0.05, 0) is 30.9 Å². The van der Waals surface area contributed by atoms with Gasteiger partial charge in [-0.2, -0.15) is 0 Å². The Labute approximate surface area is 142 Å². The number of piperidine rings is 1. The van der Waals surface area contributed by atoms with Crippen LogP contribution < -0.4 is 4.90 Å². The number of carbonyl (C=O) groups is 1. The number of ether oxygens (including phenoxy) is 1. The van der Waals surface area contributed by atoms with Crippen molar-refractivity contribution in [1.29, 1.82) is 0 Å². The van der Waals surface area contributed by atoms with Crippen LogP contribution in [0.3, 0.4) is 0 Å². The summed E-state index contributed by atoms with van der Waals surface area (Å²) in [7, 11) is 0. The first-order valence-corrected chi connectivity index (χ1v) is 9.03. The van der Waals surface area contributed by atoms with Crippen LogP contribution in [0.1, 0.15) is 12.8 Å². The quantitative estimate of drug-likeness (QED) is 0.833. The molecule has 4 nitrogen and oxygen atoms in total. The summed E-state index contributed by atoms with van der Waals surface area (Å²) in [5.74, 6) is 0.848. The van der Waals surface area contributed by atoms with E-state index in [0.29, 0.717) is 44.4 Å². The molecular formula is C19H25FN2O2. The van der Waals surface area contributed by atoms with Gasteiger partial charge in [0.15, 0.2) is 0 Å². The molecule has 0 unspecified atom stereocenters. The van der Waals surface area contributed by atoms with Crippen LogP contribution in [0.25, 0.3) is 0 Å². The fourth-order valence-electron chi connectivity index (χ4n) is 4.41. The second-order valence-corrected chi connectivity index (χ2v) is 7.31. The average Bonchev–Trinajstić information content (AvgIpc) is 3.07. The first-order chi connectivity index (χ1) is 11.7. The van der Waals surface area contributed by atoms with Crippen molar-refractivity contribution in [2.75, 3.05) is 44.3 Å². The number of hydrogen-bond donors (Lipinski definition) is 0. The molecule has 5 heteroatoms. The number of halogens is 1. The van der Waals surface area contributed by atoms with E-state index in [-0.39, 0.29) is 11.8 Å². The third-order valence-corrected chi connectivity index (χ3v) is 5.81. The van der Waals surface area contributed by atoms with Gasteiger partial charge in [0.25, 0.3) is 0 Å². The van der Waals surface area contributed by atoms with E-state index in [1.54, 1.807) is 0 Å². The van der Waals surface area contributed by atoms with Crippen LogP contribution in [-0.4, -0.2) is 56.4 Å². The Hall–Kier alpha value is -1.62. The Bertz CT molecular complexity index is 574. The molecule has 1 aromatic rings. The Kier molecular flexibility index (Phi) is 4.44. The monoisotopic (exact) mass is 332 g/mol. The normalized spacial score (nSPS) is 31.1. The van der Waals surface area contributed by atoms with E-state index in [4.69, 9.17) is 4.74 Å². The molecule has 3 aliphatic rings. The number of amides is 1. The molecule has 1 amide bonds. The molecule has 0 aromatic heterocycles. The fraction of sp³-hybridized carbons (Fsp3) is 0.632. The highest BCUT2D eigenvalue weighted by Crippen LogP contribution is 2.37. The second-order valence-electron chi connectivity index (χ2n) is 7.31. The second kappa shape index (κ2) is 6.71. The van der Waals surface area contributed by atoms with Crippen molar-refractivity contribution in [3.05, 3.63) is 30.3 Å². The minimum Gasteiger partial charge on any atom is -0.380 e. The number of anilines is 1. The summed E-state index contributed by atoms with van der Waals surface area (Å²) in [6.45, 7) is 4.22. The van der Waals surface area contributed by atoms with Gasteiger partial charge in [0.2, 0.25) is 5.91 Å². The Balaban J connectivity index is 1.46. The molecule has 0 N–H and O–H groups in total. The number of likely N-dealkylation sites (tertiary alicyclic amines) is 1. The Morgan fingerprint density at radius 2 is 1.83 bits per heavy atom. The molecule has 3 atom stereocenters. The van der Waals surface area contributed by atoms with Crippen LogP contribution >= 0.6 is 0 Å². The number of fused-ring (bicyclic) bond motifs is 1. The molecule has 3 fully saturated rings. The first-order valence-electron chi connectivity index (χ1n) is 9.03. The fourth-order valence-corrected chi connectivity index (χ4v) is 4.41. The summed E-state index contributed by atoms with van der Waals surface area (Å²) in [6, 6.07) is 10.4. The molecule has 0 saturated carbocycles. The van der Waals surface area contributed by atoms with E-state index in [1.807, 2.05) is 11.0 Å². The Morgan fingerprint density at radius 3 is 2.58 bits per heavy atom. The van der Waals surface area contributed by atoms with Crippen LogP contribution in [0.2, 0.25) is 0 Å². The van der Waals surface area contributed by atoms with Crippen LogP contribution in [-0.2, 0) is 9.53 Å². The molecule has 24 heavy (non-hydrogen) atoms. The van der Waals surface area contributed by atoms with Crippen LogP contribution in [0, 0.1) is 17.8 Å². The van der Waals surface area contributed by atoms with Gasteiger partial charge in [0.05, 0.1) is 19.1 Å². The third kappa shape index (κ3) is 3.02. The van der Waals surface area contributed by atoms with Gasteiger partial charge >= 0.3 is 0 Å². The predicted molar refractivity (Wildman–Crippen MR) is 90.7 cm³/mol. The van der Waals surface area contributed by atoms with Gasteiger partial charge in [-0.15, -0.1) is 0 Å². The number of nitrogens with zero attached hydrogens (tertiary/aromatic N) is 2. The van der Waals surface area contributed by atoms with Crippen molar-refractivity contribution in [3.63, 3.8) is 0 Å². The minimum absolute atomic E-state index is 0.0753. The molecule has 0 aliphatic carbocycles. The summed E-state index contributed by atoms with van der Waals surface area (Å²) < 4.78 is 19.1. The zero-order valence-corrected chi connectivity index (χ0v) is 13.9. The lowest BCUT2D eigenvalue weighted by Gasteiger charge is -2.37. The smallest absolute Gasteiger partial charge is 0.228 e. The molecule has 3 heterocycles. The van der Waals surface area contributed by atoms with Gasteiger partial charge in [-0.1, -0.05) is 18.2 Å². The van der Waals surface area contributed by atoms with Crippen LogP contribution in [0.5, 0.6) is 0 Å². The van der Waals surface area contributed by atoms with Crippen molar-refractivity contribution < 1.29 is 13.9 Å². The van der Waals surface area contributed by atoms with Crippen molar-refractivity contribution in [3.8, 4) is 0 Å². The number of para-hydroxylation sites is 1. The predicted octanol–water partition coefficient (Wildman–Crippen LogP) is 2.35. The molecule has 3 saturated heterocycles. The highest BCUT2D eigenvalue weighted by atomic mass is 19.1. The number of carbonyl (C=O) groups excluding carboxylic acids is 1. The lowest BCUT2D eigenvalue weighted by atomic mass is 9.81. The van der Waals surface area contributed by atoms with E-state index in [1.165, 1.54) is 5.69 Å². The van der Waals surface area contributed by atoms with Crippen molar-refractivity contribution in [1.82, 2.24) is 4.90 Å². The van der Waals surface area contributed by atoms with Crippen molar-refractivity contribution in [2.24, 2.45) is 17.8 Å². The molecule has 3 aliphatic heterocycles. The third-order valence-electron chi connectivity index (χ3n) is 5.81. The average molecular weight is 332 g/mol. The number of hydrogen-bond acceptors (Lipinski definition) is 3. The topological polar surface area (TPSA) is 32.8 Å². The summed E-state index contributed by atoms with van der Waals surface area (Å²) >= 11 is 0. The molecular weight excluding hydrogens is 307 g/mol. The molecule has 0 spiro atoms. The zero-order chi connectivity index (χ0) is 16.5. The number of alkyl halides is 1. The van der Waals surface area contributed by atoms with Gasteiger partial charge in [0.1, 0.15) is 6.17 Å². The molecule has 1 aromatic carbocycles. The van der Waals surface area contributed by atoms with E-state index >= 15 is 0 Å². The highest BCUT2D eigenvalue weighted by molar-refractivity contribution is 5.80. The lowest BCUT2D eigenvalue weighted by Crippen LogP contribution is -2.48.